The third-order valence-electron chi connectivity index (χ3n) is 4.64. The number of anilines is 2. The molecule has 0 bridgehead atoms. The first-order valence-corrected chi connectivity index (χ1v) is 8.76. The van der Waals surface area contributed by atoms with E-state index in [0.29, 0.717) is 5.92 Å². The molecule has 2 aromatic carbocycles. The first-order valence-electron chi connectivity index (χ1n) is 8.76. The smallest absolute Gasteiger partial charge is 0.236 e. The number of nitrogens with one attached hydrogen (secondary N) is 1. The van der Waals surface area contributed by atoms with Crippen LogP contribution >= 0.6 is 0 Å². The molecular formula is C21H24N2O2. The van der Waals surface area contributed by atoms with Crippen molar-refractivity contribution in [3.05, 3.63) is 59.7 Å². The van der Waals surface area contributed by atoms with Crippen molar-refractivity contribution in [1.82, 2.24) is 0 Å². The van der Waals surface area contributed by atoms with Crippen LogP contribution in [-0.4, -0.2) is 17.9 Å². The highest BCUT2D eigenvalue weighted by Crippen LogP contribution is 2.32. The van der Waals surface area contributed by atoms with Gasteiger partial charge in [0.05, 0.1) is 0 Å². The van der Waals surface area contributed by atoms with E-state index in [9.17, 15) is 9.59 Å². The van der Waals surface area contributed by atoms with E-state index in [2.05, 4.69) is 19.2 Å². The summed E-state index contributed by atoms with van der Waals surface area (Å²) in [6, 6.07) is 15.7. The highest BCUT2D eigenvalue weighted by Gasteiger charge is 2.31. The van der Waals surface area contributed by atoms with Crippen molar-refractivity contribution < 1.29 is 9.59 Å². The van der Waals surface area contributed by atoms with Gasteiger partial charge in [-0.25, -0.2) is 0 Å². The van der Waals surface area contributed by atoms with E-state index in [1.807, 2.05) is 55.5 Å². The Morgan fingerprint density at radius 3 is 2.56 bits per heavy atom. The number of nitrogens with zero attached hydrogens (tertiary/aromatic N) is 1. The van der Waals surface area contributed by atoms with E-state index in [1.165, 1.54) is 0 Å². The third kappa shape index (κ3) is 3.58. The molecule has 130 valence electrons. The van der Waals surface area contributed by atoms with Gasteiger partial charge in [0.25, 0.3) is 0 Å². The Balaban J connectivity index is 1.71. The van der Waals surface area contributed by atoms with Crippen molar-refractivity contribution in [2.45, 2.75) is 45.6 Å². The van der Waals surface area contributed by atoms with E-state index in [-0.39, 0.29) is 24.3 Å². The zero-order valence-corrected chi connectivity index (χ0v) is 15.0. The molecule has 1 aliphatic rings. The molecule has 0 aliphatic carbocycles. The standard InChI is InChI=1S/C21H24N2O2/c1-14(2)17-9-5-6-10-18(17)22-20(24)13-21(25)23-15(3)12-16-8-4-7-11-19(16)23/h4-11,14-15H,12-13H2,1-3H3,(H,22,24). The fraction of sp³-hybridized carbons (Fsp3) is 0.333. The Morgan fingerprint density at radius 1 is 1.12 bits per heavy atom. The molecule has 1 unspecified atom stereocenters. The van der Waals surface area contributed by atoms with Crippen molar-refractivity contribution >= 4 is 23.2 Å². The zero-order valence-electron chi connectivity index (χ0n) is 15.0. The summed E-state index contributed by atoms with van der Waals surface area (Å²) in [7, 11) is 0. The van der Waals surface area contributed by atoms with Gasteiger partial charge in [0.2, 0.25) is 11.8 Å². The van der Waals surface area contributed by atoms with Gasteiger partial charge in [-0.2, -0.15) is 0 Å². The van der Waals surface area contributed by atoms with Crippen LogP contribution in [0.15, 0.2) is 48.5 Å². The number of carbonyl (C=O) groups is 2. The van der Waals surface area contributed by atoms with Gasteiger partial charge in [-0.15, -0.1) is 0 Å². The summed E-state index contributed by atoms with van der Waals surface area (Å²) in [5.41, 5.74) is 3.94. The molecule has 2 amide bonds. The predicted molar refractivity (Wildman–Crippen MR) is 101 cm³/mol. The van der Waals surface area contributed by atoms with E-state index >= 15 is 0 Å². The van der Waals surface area contributed by atoms with Gasteiger partial charge in [-0.1, -0.05) is 50.2 Å². The summed E-state index contributed by atoms with van der Waals surface area (Å²) < 4.78 is 0. The summed E-state index contributed by atoms with van der Waals surface area (Å²) in [6.45, 7) is 6.18. The predicted octanol–water partition coefficient (Wildman–Crippen LogP) is 4.12. The number of hydrogen-bond acceptors (Lipinski definition) is 2. The summed E-state index contributed by atoms with van der Waals surface area (Å²) in [6.07, 6.45) is 0.685. The van der Waals surface area contributed by atoms with Crippen LogP contribution in [0, 0.1) is 0 Å². The lowest BCUT2D eigenvalue weighted by molar-refractivity contribution is -0.125. The molecule has 25 heavy (non-hydrogen) atoms. The van der Waals surface area contributed by atoms with Gasteiger partial charge < -0.3 is 10.2 Å². The van der Waals surface area contributed by atoms with Crippen LogP contribution in [-0.2, 0) is 16.0 Å². The molecule has 4 nitrogen and oxygen atoms in total. The van der Waals surface area contributed by atoms with Crippen molar-refractivity contribution in [3.63, 3.8) is 0 Å². The molecular weight excluding hydrogens is 312 g/mol. The monoisotopic (exact) mass is 336 g/mol. The molecule has 0 fully saturated rings. The number of para-hydroxylation sites is 2. The Hall–Kier alpha value is -2.62. The second kappa shape index (κ2) is 7.09. The maximum Gasteiger partial charge on any atom is 0.236 e. The molecule has 1 aliphatic heterocycles. The van der Waals surface area contributed by atoms with Crippen molar-refractivity contribution in [3.8, 4) is 0 Å². The maximum absolute atomic E-state index is 12.7. The molecule has 3 rings (SSSR count). The van der Waals surface area contributed by atoms with Gasteiger partial charge in [-0.05, 0) is 42.5 Å². The van der Waals surface area contributed by atoms with Crippen molar-refractivity contribution in [2.75, 3.05) is 10.2 Å². The highest BCUT2D eigenvalue weighted by atomic mass is 16.2. The number of benzene rings is 2. The minimum Gasteiger partial charge on any atom is -0.325 e. The maximum atomic E-state index is 12.7. The quantitative estimate of drug-likeness (QED) is 0.854. The first kappa shape index (κ1) is 17.2. The number of fused-ring (bicyclic) bond motifs is 1. The number of hydrogen-bond donors (Lipinski definition) is 1. The topological polar surface area (TPSA) is 49.4 Å². The van der Waals surface area contributed by atoms with Crippen LogP contribution in [0.1, 0.15) is 44.2 Å². The summed E-state index contributed by atoms with van der Waals surface area (Å²) in [4.78, 5) is 26.9. The van der Waals surface area contributed by atoms with Crippen LogP contribution in [0.4, 0.5) is 11.4 Å². The van der Waals surface area contributed by atoms with Gasteiger partial charge in [0.15, 0.2) is 0 Å². The number of rotatable bonds is 4. The van der Waals surface area contributed by atoms with Crippen LogP contribution in [0.5, 0.6) is 0 Å². The Morgan fingerprint density at radius 2 is 1.80 bits per heavy atom. The Labute approximate surface area is 148 Å². The normalized spacial score (nSPS) is 16.0. The fourth-order valence-corrected chi connectivity index (χ4v) is 3.48. The molecule has 0 saturated heterocycles. The second-order valence-corrected chi connectivity index (χ2v) is 6.91. The van der Waals surface area contributed by atoms with Gasteiger partial charge in [-0.3, -0.25) is 9.59 Å². The number of carbonyl (C=O) groups excluding carboxylic acids is 2. The lowest BCUT2D eigenvalue weighted by Gasteiger charge is -2.22. The third-order valence-corrected chi connectivity index (χ3v) is 4.64. The SMILES string of the molecule is CC(C)c1ccccc1NC(=O)CC(=O)N1c2ccccc2CC1C. The van der Waals surface area contributed by atoms with E-state index < -0.39 is 0 Å². The molecule has 4 heteroatoms. The van der Waals surface area contributed by atoms with E-state index in [0.717, 1.165) is 28.9 Å². The molecule has 2 aromatic rings. The summed E-state index contributed by atoms with van der Waals surface area (Å²) in [5.74, 6) is -0.121. The first-order chi connectivity index (χ1) is 12.0. The highest BCUT2D eigenvalue weighted by molar-refractivity contribution is 6.10. The van der Waals surface area contributed by atoms with Crippen LogP contribution in [0.25, 0.3) is 0 Å². The molecule has 0 radical (unpaired) electrons. The Bertz CT molecular complexity index is 798. The Kier molecular flexibility index (Phi) is 4.88. The van der Waals surface area contributed by atoms with Crippen molar-refractivity contribution in [1.29, 1.82) is 0 Å². The van der Waals surface area contributed by atoms with E-state index in [4.69, 9.17) is 0 Å². The summed E-state index contributed by atoms with van der Waals surface area (Å²) in [5, 5.41) is 2.90. The van der Waals surface area contributed by atoms with E-state index in [1.54, 1.807) is 4.90 Å². The van der Waals surface area contributed by atoms with Crippen LogP contribution in [0.3, 0.4) is 0 Å². The van der Waals surface area contributed by atoms with Gasteiger partial charge in [0, 0.05) is 17.4 Å². The number of amides is 2. The molecule has 0 saturated carbocycles. The van der Waals surface area contributed by atoms with Crippen LogP contribution < -0.4 is 10.2 Å². The zero-order chi connectivity index (χ0) is 18.0. The fourth-order valence-electron chi connectivity index (χ4n) is 3.48. The molecule has 1 heterocycles. The molecule has 0 aromatic heterocycles. The lowest BCUT2D eigenvalue weighted by atomic mass is 10.0. The minimum absolute atomic E-state index is 0.0839. The minimum atomic E-state index is -0.269. The lowest BCUT2D eigenvalue weighted by Crippen LogP contribution is -2.37. The van der Waals surface area contributed by atoms with Crippen LogP contribution in [0.2, 0.25) is 0 Å². The molecule has 0 spiro atoms. The average Bonchev–Trinajstić information content (AvgIpc) is 2.90. The average molecular weight is 336 g/mol. The van der Waals surface area contributed by atoms with Gasteiger partial charge >= 0.3 is 0 Å². The van der Waals surface area contributed by atoms with Gasteiger partial charge in [0.1, 0.15) is 6.42 Å². The molecule has 1 atom stereocenters. The molecule has 1 N–H and O–H groups in total. The second-order valence-electron chi connectivity index (χ2n) is 6.91. The largest absolute Gasteiger partial charge is 0.325 e. The summed E-state index contributed by atoms with van der Waals surface area (Å²) >= 11 is 0. The van der Waals surface area contributed by atoms with Crippen molar-refractivity contribution in [2.24, 2.45) is 0 Å².